The molecular weight excluding hydrogens is 572 g/mol. The van der Waals surface area contributed by atoms with E-state index in [1.807, 2.05) is 34.7 Å². The van der Waals surface area contributed by atoms with E-state index in [1.165, 1.54) is 6.08 Å². The van der Waals surface area contributed by atoms with Gasteiger partial charge in [0, 0.05) is 42.0 Å². The van der Waals surface area contributed by atoms with Gasteiger partial charge in [-0.2, -0.15) is 5.10 Å². The third kappa shape index (κ3) is 4.13. The van der Waals surface area contributed by atoms with Crippen molar-refractivity contribution in [2.24, 2.45) is 0 Å². The number of phenols is 1. The predicted molar refractivity (Wildman–Crippen MR) is 156 cm³/mol. The number of imidazole rings is 1. The zero-order chi connectivity index (χ0) is 28.3. The molecule has 0 bridgehead atoms. The highest BCUT2D eigenvalue weighted by Crippen LogP contribution is 2.42. The highest BCUT2D eigenvalue weighted by atomic mass is 79.9. The molecule has 2 aliphatic rings. The van der Waals surface area contributed by atoms with Crippen LogP contribution in [0.3, 0.4) is 0 Å². The number of carbonyl (C=O) groups excluding carboxylic acids is 2. The van der Waals surface area contributed by atoms with Gasteiger partial charge in [0.25, 0.3) is 5.91 Å². The van der Waals surface area contributed by atoms with Crippen molar-refractivity contribution in [3.8, 4) is 11.4 Å². The molecule has 2 aromatic heterocycles. The third-order valence-electron chi connectivity index (χ3n) is 8.11. The summed E-state index contributed by atoms with van der Waals surface area (Å²) in [6.45, 7) is 11.1. The molecule has 2 aliphatic heterocycles. The van der Waals surface area contributed by atoms with E-state index in [-0.39, 0.29) is 29.4 Å². The quantitative estimate of drug-likeness (QED) is 0.312. The summed E-state index contributed by atoms with van der Waals surface area (Å²) in [6, 6.07) is 8.95. The number of nitrogens with zero attached hydrogens (tertiary/aromatic N) is 5. The van der Waals surface area contributed by atoms with Crippen LogP contribution in [0, 0.1) is 0 Å². The van der Waals surface area contributed by atoms with E-state index >= 15 is 0 Å². The number of nitrogens with one attached hydrogen (secondary N) is 1. The summed E-state index contributed by atoms with van der Waals surface area (Å²) in [6.07, 6.45) is 3.46. The SMILES string of the molecule is C=CC(=O)N1C[C@H](C)c2nn(-c3ccc(C(C)C)cc3O)c3c2[C@H](C1)N(C(=O)c1ccc(Br)c2nc[nH]c12)CC3. The number of fused-ring (bicyclic) bond motifs is 1. The topological polar surface area (TPSA) is 107 Å². The standard InChI is InChI=1S/C30H31BrN6O3/c1-5-25(39)35-13-17(4)27-26-22(37(34-27)21-9-6-18(16(2)3)12-24(21)38)10-11-36(23(26)14-35)30(40)19-7-8-20(31)29-28(19)32-15-33-29/h5-9,12,15-17,23,38H,1,10-11,13-14H2,2-4H3,(H,32,33)/t17-,23-/m0/s1. The van der Waals surface area contributed by atoms with Gasteiger partial charge in [-0.25, -0.2) is 9.67 Å². The van der Waals surface area contributed by atoms with Crippen LogP contribution < -0.4 is 0 Å². The Bertz CT molecular complexity index is 1670. The number of aromatic nitrogens is 4. The minimum absolute atomic E-state index is 0.0805. The maximum Gasteiger partial charge on any atom is 0.256 e. The first-order chi connectivity index (χ1) is 19.2. The fraction of sp³-hybridized carbons (Fsp3) is 0.333. The Morgan fingerprint density at radius 1 is 1.23 bits per heavy atom. The maximum atomic E-state index is 14.2. The van der Waals surface area contributed by atoms with Crippen LogP contribution in [0.25, 0.3) is 16.7 Å². The van der Waals surface area contributed by atoms with E-state index in [1.54, 1.807) is 23.4 Å². The lowest BCUT2D eigenvalue weighted by atomic mass is 9.92. The van der Waals surface area contributed by atoms with Crippen molar-refractivity contribution < 1.29 is 14.7 Å². The van der Waals surface area contributed by atoms with E-state index in [4.69, 9.17) is 5.10 Å². The van der Waals surface area contributed by atoms with Crippen molar-refractivity contribution in [1.82, 2.24) is 29.5 Å². The van der Waals surface area contributed by atoms with Crippen LogP contribution in [-0.2, 0) is 11.2 Å². The van der Waals surface area contributed by atoms with E-state index in [0.717, 1.165) is 27.0 Å². The van der Waals surface area contributed by atoms with Gasteiger partial charge >= 0.3 is 0 Å². The number of phenolic OH excluding ortho intramolecular Hbond substituents is 1. The molecule has 2 amide bonds. The van der Waals surface area contributed by atoms with Crippen molar-refractivity contribution in [2.45, 2.75) is 45.1 Å². The van der Waals surface area contributed by atoms with Gasteiger partial charge in [0.15, 0.2) is 0 Å². The number of halogens is 1. The second-order valence-electron chi connectivity index (χ2n) is 10.9. The molecule has 6 rings (SSSR count). The van der Waals surface area contributed by atoms with Crippen LogP contribution in [0.1, 0.15) is 71.5 Å². The predicted octanol–water partition coefficient (Wildman–Crippen LogP) is 5.21. The van der Waals surface area contributed by atoms with E-state index in [0.29, 0.717) is 48.3 Å². The molecule has 0 radical (unpaired) electrons. The lowest BCUT2D eigenvalue weighted by Crippen LogP contribution is -2.46. The van der Waals surface area contributed by atoms with Crippen LogP contribution in [-0.4, -0.2) is 66.1 Å². The molecule has 2 N–H and O–H groups in total. The average molecular weight is 604 g/mol. The summed E-state index contributed by atoms with van der Waals surface area (Å²) in [7, 11) is 0. The second-order valence-corrected chi connectivity index (χ2v) is 11.7. The first-order valence-electron chi connectivity index (χ1n) is 13.5. The Kier molecular flexibility index (Phi) is 6.53. The molecule has 2 aromatic carbocycles. The second kappa shape index (κ2) is 9.92. The van der Waals surface area contributed by atoms with E-state index in [2.05, 4.69) is 46.3 Å². The highest BCUT2D eigenvalue weighted by Gasteiger charge is 2.42. The molecule has 10 heteroatoms. The van der Waals surface area contributed by atoms with Gasteiger partial charge in [0.2, 0.25) is 5.91 Å². The molecule has 0 fully saturated rings. The van der Waals surface area contributed by atoms with Gasteiger partial charge in [0.1, 0.15) is 17.0 Å². The molecule has 0 saturated heterocycles. The summed E-state index contributed by atoms with van der Waals surface area (Å²) in [4.78, 5) is 38.1. The molecule has 0 unspecified atom stereocenters. The first kappa shape index (κ1) is 26.3. The van der Waals surface area contributed by atoms with Gasteiger partial charge in [0.05, 0.1) is 34.8 Å². The monoisotopic (exact) mass is 602 g/mol. The summed E-state index contributed by atoms with van der Waals surface area (Å²) in [5.74, 6) is 0.0578. The Labute approximate surface area is 240 Å². The van der Waals surface area contributed by atoms with Crippen LogP contribution >= 0.6 is 15.9 Å². The van der Waals surface area contributed by atoms with Gasteiger partial charge in [-0.15, -0.1) is 0 Å². The van der Waals surface area contributed by atoms with Gasteiger partial charge in [-0.1, -0.05) is 33.4 Å². The number of benzene rings is 2. The normalized spacial score (nSPS) is 18.6. The minimum Gasteiger partial charge on any atom is -0.506 e. The lowest BCUT2D eigenvalue weighted by Gasteiger charge is -2.38. The zero-order valence-corrected chi connectivity index (χ0v) is 24.3. The summed E-state index contributed by atoms with van der Waals surface area (Å²) >= 11 is 3.52. The van der Waals surface area contributed by atoms with Crippen molar-refractivity contribution in [1.29, 1.82) is 0 Å². The molecule has 206 valence electrons. The Balaban J connectivity index is 1.49. The van der Waals surface area contributed by atoms with Crippen molar-refractivity contribution in [2.75, 3.05) is 19.6 Å². The van der Waals surface area contributed by atoms with Gasteiger partial charge in [-0.05, 0) is 57.8 Å². The molecule has 9 nitrogen and oxygen atoms in total. The zero-order valence-electron chi connectivity index (χ0n) is 22.7. The average Bonchev–Trinajstić information content (AvgIpc) is 3.55. The highest BCUT2D eigenvalue weighted by molar-refractivity contribution is 9.10. The molecule has 2 atom stereocenters. The van der Waals surface area contributed by atoms with Crippen LogP contribution in [0.5, 0.6) is 5.75 Å². The number of aromatic amines is 1. The van der Waals surface area contributed by atoms with E-state index in [9.17, 15) is 14.7 Å². The summed E-state index contributed by atoms with van der Waals surface area (Å²) in [5, 5.41) is 16.0. The number of rotatable bonds is 4. The molecule has 40 heavy (non-hydrogen) atoms. The van der Waals surface area contributed by atoms with Gasteiger partial charge in [-0.3, -0.25) is 9.59 Å². The van der Waals surface area contributed by atoms with Crippen molar-refractivity contribution in [3.63, 3.8) is 0 Å². The smallest absolute Gasteiger partial charge is 0.256 e. The number of H-pyrrole nitrogens is 1. The number of aromatic hydroxyl groups is 1. The number of hydrogen-bond donors (Lipinski definition) is 2. The summed E-state index contributed by atoms with van der Waals surface area (Å²) in [5.41, 5.74) is 6.29. The molecule has 4 heterocycles. The maximum absolute atomic E-state index is 14.2. The minimum atomic E-state index is -0.410. The number of hydrogen-bond acceptors (Lipinski definition) is 5. The van der Waals surface area contributed by atoms with Crippen molar-refractivity contribution in [3.05, 3.63) is 81.9 Å². The lowest BCUT2D eigenvalue weighted by molar-refractivity contribution is -0.126. The van der Waals surface area contributed by atoms with Crippen LogP contribution in [0.15, 0.2) is 53.8 Å². The molecule has 0 saturated carbocycles. The fourth-order valence-corrected chi connectivity index (χ4v) is 6.47. The Hall–Kier alpha value is -3.92. The molecule has 0 aliphatic carbocycles. The fourth-order valence-electron chi connectivity index (χ4n) is 6.04. The Morgan fingerprint density at radius 2 is 2.02 bits per heavy atom. The third-order valence-corrected chi connectivity index (χ3v) is 8.75. The van der Waals surface area contributed by atoms with Crippen molar-refractivity contribution >= 4 is 38.8 Å². The van der Waals surface area contributed by atoms with E-state index < -0.39 is 6.04 Å². The number of amides is 2. The number of carbonyl (C=O) groups is 2. The first-order valence-corrected chi connectivity index (χ1v) is 14.3. The molecule has 4 aromatic rings. The molecular formula is C30H31BrN6O3. The molecule has 0 spiro atoms. The Morgan fingerprint density at radius 3 is 2.75 bits per heavy atom. The summed E-state index contributed by atoms with van der Waals surface area (Å²) < 4.78 is 2.65. The largest absolute Gasteiger partial charge is 0.506 e. The van der Waals surface area contributed by atoms with Crippen LogP contribution in [0.2, 0.25) is 0 Å². The van der Waals surface area contributed by atoms with Gasteiger partial charge < -0.3 is 19.9 Å². The van der Waals surface area contributed by atoms with Crippen LogP contribution in [0.4, 0.5) is 0 Å².